The van der Waals surface area contributed by atoms with Crippen LogP contribution in [0.4, 0.5) is 5.69 Å². The minimum absolute atomic E-state index is 0.397. The van der Waals surface area contributed by atoms with Gasteiger partial charge in [-0.15, -0.1) is 11.3 Å². The number of thiophene rings is 1. The van der Waals surface area contributed by atoms with Gasteiger partial charge in [-0.25, -0.2) is 0 Å². The molecule has 0 atom stereocenters. The lowest BCUT2D eigenvalue weighted by Gasteiger charge is -2.02. The summed E-state index contributed by atoms with van der Waals surface area (Å²) in [5.74, 6) is 0. The molecule has 1 aromatic carbocycles. The number of rotatable bonds is 1. The molecule has 2 aromatic rings. The van der Waals surface area contributed by atoms with E-state index in [1.54, 1.807) is 11.4 Å². The van der Waals surface area contributed by atoms with Gasteiger partial charge < -0.3 is 15.8 Å². The normalized spacial score (nSPS) is 10.8. The van der Waals surface area contributed by atoms with Crippen molar-refractivity contribution in [1.82, 2.24) is 0 Å². The first-order valence-corrected chi connectivity index (χ1v) is 5.17. The highest BCUT2D eigenvalue weighted by molar-refractivity contribution is 7.19. The minimum Gasteiger partial charge on any atom is -0.423 e. The third kappa shape index (κ3) is 1.48. The molecule has 4 N–H and O–H groups in total. The van der Waals surface area contributed by atoms with Crippen LogP contribution in [0.15, 0.2) is 17.5 Å². The van der Waals surface area contributed by atoms with Gasteiger partial charge in [0.2, 0.25) is 0 Å². The number of hydrogen-bond donors (Lipinski definition) is 3. The maximum Gasteiger partial charge on any atom is 0.489 e. The molecule has 0 spiro atoms. The molecule has 0 bridgehead atoms. The number of anilines is 1. The SMILES string of the molecule is Nc1csc2c(B(O)O)cc(Cl)cc12. The summed E-state index contributed by atoms with van der Waals surface area (Å²) < 4.78 is 0.766. The zero-order valence-corrected chi connectivity index (χ0v) is 8.64. The van der Waals surface area contributed by atoms with E-state index in [4.69, 9.17) is 27.4 Å². The van der Waals surface area contributed by atoms with Crippen molar-refractivity contribution in [3.63, 3.8) is 0 Å². The van der Waals surface area contributed by atoms with Crippen molar-refractivity contribution in [3.05, 3.63) is 22.5 Å². The van der Waals surface area contributed by atoms with Crippen molar-refractivity contribution in [2.75, 3.05) is 5.73 Å². The minimum atomic E-state index is -1.52. The van der Waals surface area contributed by atoms with E-state index in [2.05, 4.69) is 0 Å². The van der Waals surface area contributed by atoms with Crippen LogP contribution in [0.5, 0.6) is 0 Å². The molecule has 2 rings (SSSR count). The Balaban J connectivity index is 2.82. The van der Waals surface area contributed by atoms with Crippen LogP contribution in [0, 0.1) is 0 Å². The van der Waals surface area contributed by atoms with Gasteiger partial charge in [-0.05, 0) is 12.1 Å². The molecule has 0 aliphatic carbocycles. The van der Waals surface area contributed by atoms with Crippen LogP contribution in [0.1, 0.15) is 0 Å². The van der Waals surface area contributed by atoms with Gasteiger partial charge in [0, 0.05) is 26.0 Å². The Kier molecular flexibility index (Phi) is 2.40. The first kappa shape index (κ1) is 9.80. The summed E-state index contributed by atoms with van der Waals surface area (Å²) in [5, 5.41) is 21.2. The third-order valence-electron chi connectivity index (χ3n) is 1.98. The van der Waals surface area contributed by atoms with Gasteiger partial charge in [-0.3, -0.25) is 0 Å². The summed E-state index contributed by atoms with van der Waals surface area (Å²) >= 11 is 7.20. The maximum atomic E-state index is 9.12. The molecule has 3 nitrogen and oxygen atoms in total. The highest BCUT2D eigenvalue weighted by atomic mass is 35.5. The summed E-state index contributed by atoms with van der Waals surface area (Å²) in [6, 6.07) is 3.25. The number of nitrogens with two attached hydrogens (primary N) is 1. The Morgan fingerprint density at radius 2 is 2.07 bits per heavy atom. The summed E-state index contributed by atoms with van der Waals surface area (Å²) in [6.45, 7) is 0. The van der Waals surface area contributed by atoms with E-state index in [1.807, 2.05) is 0 Å². The van der Waals surface area contributed by atoms with Crippen molar-refractivity contribution < 1.29 is 10.0 Å². The van der Waals surface area contributed by atoms with Crippen LogP contribution in [-0.2, 0) is 0 Å². The summed E-state index contributed by atoms with van der Waals surface area (Å²) in [7, 11) is -1.52. The van der Waals surface area contributed by atoms with Crippen molar-refractivity contribution in [3.8, 4) is 0 Å². The smallest absolute Gasteiger partial charge is 0.423 e. The van der Waals surface area contributed by atoms with E-state index < -0.39 is 7.12 Å². The number of hydrogen-bond acceptors (Lipinski definition) is 4. The van der Waals surface area contributed by atoms with E-state index in [1.165, 1.54) is 17.4 Å². The molecule has 0 unspecified atom stereocenters. The maximum absolute atomic E-state index is 9.12. The van der Waals surface area contributed by atoms with Gasteiger partial charge in [-0.1, -0.05) is 11.6 Å². The quantitative estimate of drug-likeness (QED) is 0.632. The van der Waals surface area contributed by atoms with Crippen LogP contribution >= 0.6 is 22.9 Å². The van der Waals surface area contributed by atoms with Crippen LogP contribution in [0.3, 0.4) is 0 Å². The molecule has 1 aromatic heterocycles. The highest BCUT2D eigenvalue weighted by Crippen LogP contribution is 2.29. The van der Waals surface area contributed by atoms with Crippen molar-refractivity contribution in [1.29, 1.82) is 0 Å². The summed E-state index contributed by atoms with van der Waals surface area (Å²) in [6.07, 6.45) is 0. The molecule has 0 aliphatic rings. The molecule has 0 saturated carbocycles. The first-order valence-electron chi connectivity index (χ1n) is 3.92. The van der Waals surface area contributed by atoms with Crippen molar-refractivity contribution in [2.24, 2.45) is 0 Å². The molecule has 14 heavy (non-hydrogen) atoms. The van der Waals surface area contributed by atoms with Gasteiger partial charge in [0.05, 0.1) is 5.69 Å². The van der Waals surface area contributed by atoms with Crippen LogP contribution in [0.2, 0.25) is 5.02 Å². The fraction of sp³-hybridized carbons (Fsp3) is 0. The zero-order valence-electron chi connectivity index (χ0n) is 7.07. The lowest BCUT2D eigenvalue weighted by atomic mass is 9.80. The Morgan fingerprint density at radius 3 is 2.71 bits per heavy atom. The van der Waals surface area contributed by atoms with Gasteiger partial charge >= 0.3 is 7.12 Å². The second-order valence-corrected chi connectivity index (χ2v) is 4.25. The van der Waals surface area contributed by atoms with Crippen molar-refractivity contribution >= 4 is 51.3 Å². The average Bonchev–Trinajstić information content (AvgIpc) is 2.47. The lowest BCUT2D eigenvalue weighted by molar-refractivity contribution is 0.426. The molecule has 0 fully saturated rings. The fourth-order valence-corrected chi connectivity index (χ4v) is 2.54. The molecule has 0 saturated heterocycles. The Bertz CT molecular complexity index is 485. The molecule has 0 aliphatic heterocycles. The van der Waals surface area contributed by atoms with Gasteiger partial charge in [0.1, 0.15) is 0 Å². The van der Waals surface area contributed by atoms with Crippen LogP contribution in [0.25, 0.3) is 10.1 Å². The van der Waals surface area contributed by atoms with E-state index >= 15 is 0 Å². The Hall–Kier alpha value is -0.745. The topological polar surface area (TPSA) is 66.5 Å². The molecular formula is C8H7BClNO2S. The molecular weight excluding hydrogens is 220 g/mol. The van der Waals surface area contributed by atoms with E-state index in [0.29, 0.717) is 16.2 Å². The lowest BCUT2D eigenvalue weighted by Crippen LogP contribution is -2.29. The predicted octanol–water partition coefficient (Wildman–Crippen LogP) is 0.817. The van der Waals surface area contributed by atoms with Gasteiger partial charge in [-0.2, -0.15) is 0 Å². The van der Waals surface area contributed by atoms with Crippen molar-refractivity contribution in [2.45, 2.75) is 0 Å². The molecule has 1 heterocycles. The number of halogens is 1. The predicted molar refractivity (Wildman–Crippen MR) is 61.1 cm³/mol. The van der Waals surface area contributed by atoms with Gasteiger partial charge in [0.25, 0.3) is 0 Å². The summed E-state index contributed by atoms with van der Waals surface area (Å²) in [5.41, 5.74) is 6.71. The number of benzene rings is 1. The van der Waals surface area contributed by atoms with E-state index in [9.17, 15) is 0 Å². The summed E-state index contributed by atoms with van der Waals surface area (Å²) in [4.78, 5) is 0. The van der Waals surface area contributed by atoms with E-state index in [-0.39, 0.29) is 0 Å². The second-order valence-electron chi connectivity index (χ2n) is 2.94. The van der Waals surface area contributed by atoms with E-state index in [0.717, 1.165) is 10.1 Å². The first-order chi connectivity index (χ1) is 6.59. The largest absolute Gasteiger partial charge is 0.489 e. The standard InChI is InChI=1S/C8H7BClNO2S/c10-4-1-5-7(11)3-14-8(5)6(2-4)9(12)13/h1-3,12-13H,11H2. The van der Waals surface area contributed by atoms with Gasteiger partial charge in [0.15, 0.2) is 0 Å². The molecule has 6 heteroatoms. The highest BCUT2D eigenvalue weighted by Gasteiger charge is 2.17. The molecule has 0 amide bonds. The molecule has 0 radical (unpaired) electrons. The zero-order chi connectivity index (χ0) is 10.3. The third-order valence-corrected chi connectivity index (χ3v) is 3.26. The monoisotopic (exact) mass is 227 g/mol. The van der Waals surface area contributed by atoms with Crippen LogP contribution < -0.4 is 11.2 Å². The Labute approximate surface area is 89.9 Å². The van der Waals surface area contributed by atoms with Crippen LogP contribution in [-0.4, -0.2) is 17.2 Å². The number of nitrogen functional groups attached to an aromatic ring is 1. The second kappa shape index (κ2) is 3.44. The fourth-order valence-electron chi connectivity index (χ4n) is 1.34. The number of fused-ring (bicyclic) bond motifs is 1. The Morgan fingerprint density at radius 1 is 1.36 bits per heavy atom. The molecule has 72 valence electrons. The average molecular weight is 227 g/mol.